The number of benzene rings is 3. The van der Waals surface area contributed by atoms with Crippen LogP contribution < -0.4 is 24.4 Å². The van der Waals surface area contributed by atoms with E-state index in [4.69, 9.17) is 14.2 Å². The zero-order valence-electron chi connectivity index (χ0n) is 22.5. The summed E-state index contributed by atoms with van der Waals surface area (Å²) in [5, 5.41) is 1.75. The average molecular weight is 700 g/mol. The van der Waals surface area contributed by atoms with Crippen molar-refractivity contribution < 1.29 is 23.8 Å². The molecule has 2 heterocycles. The Bertz CT molecular complexity index is 1940. The molecule has 1 atom stereocenters. The number of hydrogen-bond acceptors (Lipinski definition) is 8. The number of esters is 2. The molecule has 0 radical (unpaired) electrons. The third-order valence-electron chi connectivity index (χ3n) is 6.51. The Morgan fingerprint density at radius 2 is 1.90 bits per heavy atom. The highest BCUT2D eigenvalue weighted by atomic mass is 79.9. The van der Waals surface area contributed by atoms with E-state index in [1.165, 1.54) is 22.8 Å². The highest BCUT2D eigenvalue weighted by Gasteiger charge is 2.36. The van der Waals surface area contributed by atoms with E-state index in [0.29, 0.717) is 36.4 Å². The summed E-state index contributed by atoms with van der Waals surface area (Å²) in [6, 6.07) is 14.1. The van der Waals surface area contributed by atoms with Crippen LogP contribution >= 0.6 is 43.2 Å². The van der Waals surface area contributed by atoms with Crippen LogP contribution in [0.25, 0.3) is 16.8 Å². The standard InChI is InChI=1S/C30H24Br2N2O6S/c1-5-39-29(37)24-15(2)33-30-34(26(24)25-20-9-7-6-8-17(20)10-11-22(25)38-4)28(36)23(41-30)13-18-12-19(31)14-21(32)27(18)40-16(3)35/h6-14,26H,5H2,1-4H3/b23-13-/t26-/m0/s1. The number of fused-ring (bicyclic) bond motifs is 2. The molecule has 1 aromatic heterocycles. The molecule has 0 N–H and O–H groups in total. The smallest absolute Gasteiger partial charge is 0.338 e. The summed E-state index contributed by atoms with van der Waals surface area (Å²) in [4.78, 5) is 44.5. The van der Waals surface area contributed by atoms with Gasteiger partial charge in [-0.05, 0) is 64.8 Å². The van der Waals surface area contributed by atoms with Gasteiger partial charge in [0.05, 0.1) is 34.0 Å². The minimum absolute atomic E-state index is 0.163. The largest absolute Gasteiger partial charge is 0.496 e. The number of rotatable bonds is 6. The van der Waals surface area contributed by atoms with E-state index in [9.17, 15) is 14.4 Å². The lowest BCUT2D eigenvalue weighted by Crippen LogP contribution is -2.40. The predicted molar refractivity (Wildman–Crippen MR) is 164 cm³/mol. The van der Waals surface area contributed by atoms with Gasteiger partial charge in [-0.2, -0.15) is 0 Å². The van der Waals surface area contributed by atoms with Crippen LogP contribution in [-0.4, -0.2) is 30.2 Å². The van der Waals surface area contributed by atoms with Gasteiger partial charge in [-0.15, -0.1) is 0 Å². The van der Waals surface area contributed by atoms with Crippen LogP contribution in [0, 0.1) is 0 Å². The topological polar surface area (TPSA) is 96.2 Å². The van der Waals surface area contributed by atoms with Gasteiger partial charge in [-0.25, -0.2) is 9.79 Å². The molecule has 210 valence electrons. The van der Waals surface area contributed by atoms with Crippen LogP contribution in [0.5, 0.6) is 11.5 Å². The molecule has 8 nitrogen and oxygen atoms in total. The highest BCUT2D eigenvalue weighted by molar-refractivity contribution is 9.11. The molecule has 0 bridgehead atoms. The van der Waals surface area contributed by atoms with Crippen molar-refractivity contribution >= 4 is 72.0 Å². The molecule has 41 heavy (non-hydrogen) atoms. The average Bonchev–Trinajstić information content (AvgIpc) is 3.23. The van der Waals surface area contributed by atoms with Gasteiger partial charge in [0.1, 0.15) is 11.8 Å². The van der Waals surface area contributed by atoms with Gasteiger partial charge in [0.15, 0.2) is 10.6 Å². The van der Waals surface area contributed by atoms with Crippen molar-refractivity contribution in [3.05, 3.63) is 99.6 Å². The van der Waals surface area contributed by atoms with Gasteiger partial charge < -0.3 is 14.2 Å². The number of nitrogens with zero attached hydrogens (tertiary/aromatic N) is 2. The second kappa shape index (κ2) is 11.8. The Hall–Kier alpha value is -3.54. The maximum atomic E-state index is 14.2. The van der Waals surface area contributed by atoms with Gasteiger partial charge in [0.2, 0.25) is 0 Å². The molecule has 1 aliphatic rings. The van der Waals surface area contributed by atoms with Crippen LogP contribution in [0.3, 0.4) is 0 Å². The second-order valence-corrected chi connectivity index (χ2v) is 11.9. The summed E-state index contributed by atoms with van der Waals surface area (Å²) >= 11 is 8.08. The molecule has 0 saturated carbocycles. The monoisotopic (exact) mass is 698 g/mol. The molecule has 0 aliphatic carbocycles. The van der Waals surface area contributed by atoms with Crippen LogP contribution in [0.4, 0.5) is 0 Å². The lowest BCUT2D eigenvalue weighted by Gasteiger charge is -2.27. The Balaban J connectivity index is 1.85. The van der Waals surface area contributed by atoms with Gasteiger partial charge in [-0.1, -0.05) is 57.6 Å². The summed E-state index contributed by atoms with van der Waals surface area (Å²) in [6.07, 6.45) is 1.65. The summed E-state index contributed by atoms with van der Waals surface area (Å²) in [5.74, 6) is -0.256. The van der Waals surface area contributed by atoms with Crippen molar-refractivity contribution in [2.45, 2.75) is 26.8 Å². The number of allylic oxidation sites excluding steroid dienone is 1. The van der Waals surface area contributed by atoms with Gasteiger partial charge in [-0.3, -0.25) is 14.2 Å². The van der Waals surface area contributed by atoms with Crippen LogP contribution in [0.15, 0.2) is 78.5 Å². The summed E-state index contributed by atoms with van der Waals surface area (Å²) < 4.78 is 19.8. The molecule has 0 saturated heterocycles. The Kier molecular flexibility index (Phi) is 8.30. The van der Waals surface area contributed by atoms with Crippen molar-refractivity contribution in [2.24, 2.45) is 4.99 Å². The van der Waals surface area contributed by atoms with Crippen LogP contribution in [0.1, 0.15) is 37.9 Å². The number of aromatic nitrogens is 1. The minimum Gasteiger partial charge on any atom is -0.496 e. The molecule has 11 heteroatoms. The molecule has 0 spiro atoms. The second-order valence-electron chi connectivity index (χ2n) is 9.10. The van der Waals surface area contributed by atoms with E-state index >= 15 is 0 Å². The first kappa shape index (κ1) is 29.0. The number of carbonyl (C=O) groups is 2. The lowest BCUT2D eigenvalue weighted by atomic mass is 9.90. The third-order valence-corrected chi connectivity index (χ3v) is 8.54. The lowest BCUT2D eigenvalue weighted by molar-refractivity contribution is -0.139. The van der Waals surface area contributed by atoms with Crippen molar-refractivity contribution in [1.82, 2.24) is 4.57 Å². The number of carbonyl (C=O) groups excluding carboxylic acids is 2. The van der Waals surface area contributed by atoms with Gasteiger partial charge in [0, 0.05) is 22.5 Å². The molecule has 5 rings (SSSR count). The van der Waals surface area contributed by atoms with Crippen molar-refractivity contribution in [3.63, 3.8) is 0 Å². The number of thiazole rings is 1. The van der Waals surface area contributed by atoms with E-state index in [0.717, 1.165) is 15.2 Å². The molecule has 0 unspecified atom stereocenters. The maximum Gasteiger partial charge on any atom is 0.338 e. The fraction of sp³-hybridized carbons (Fsp3) is 0.200. The molecule has 0 fully saturated rings. The van der Waals surface area contributed by atoms with E-state index in [1.807, 2.05) is 36.4 Å². The molecule has 4 aromatic rings. The van der Waals surface area contributed by atoms with E-state index in [2.05, 4.69) is 36.9 Å². The van der Waals surface area contributed by atoms with E-state index in [-0.39, 0.29) is 23.5 Å². The Morgan fingerprint density at radius 3 is 2.61 bits per heavy atom. The zero-order chi connectivity index (χ0) is 29.4. The Morgan fingerprint density at radius 1 is 1.15 bits per heavy atom. The Labute approximate surface area is 255 Å². The first-order valence-electron chi connectivity index (χ1n) is 12.6. The predicted octanol–water partition coefficient (Wildman–Crippen LogP) is 5.41. The number of hydrogen-bond donors (Lipinski definition) is 0. The van der Waals surface area contributed by atoms with Crippen LogP contribution in [-0.2, 0) is 14.3 Å². The minimum atomic E-state index is -0.865. The molecule has 0 amide bonds. The first-order chi connectivity index (χ1) is 19.6. The summed E-state index contributed by atoms with van der Waals surface area (Å²) in [5.41, 5.74) is 1.50. The fourth-order valence-electron chi connectivity index (χ4n) is 4.88. The fourth-order valence-corrected chi connectivity index (χ4v) is 7.26. The van der Waals surface area contributed by atoms with Gasteiger partial charge in [0.25, 0.3) is 5.56 Å². The summed E-state index contributed by atoms with van der Waals surface area (Å²) in [6.45, 7) is 4.94. The SMILES string of the molecule is CCOC(=O)C1=C(C)N=c2s/c(=C\c3cc(Br)cc(Br)c3OC(C)=O)c(=O)n2[C@@H]1c1c(OC)ccc2ccccc12. The number of ether oxygens (including phenoxy) is 3. The van der Waals surface area contributed by atoms with Crippen molar-refractivity contribution in [2.75, 3.05) is 13.7 Å². The molecular formula is C30H24Br2N2O6S. The summed E-state index contributed by atoms with van der Waals surface area (Å²) in [7, 11) is 1.56. The molecule has 3 aromatic carbocycles. The molecular weight excluding hydrogens is 676 g/mol. The maximum absolute atomic E-state index is 14.2. The van der Waals surface area contributed by atoms with E-state index < -0.39 is 18.0 Å². The quantitative estimate of drug-likeness (QED) is 0.197. The number of halogens is 2. The van der Waals surface area contributed by atoms with Gasteiger partial charge >= 0.3 is 11.9 Å². The zero-order valence-corrected chi connectivity index (χ0v) is 26.5. The third kappa shape index (κ3) is 5.41. The normalized spacial score (nSPS) is 15.0. The van der Waals surface area contributed by atoms with Crippen molar-refractivity contribution in [3.8, 4) is 11.5 Å². The van der Waals surface area contributed by atoms with Crippen molar-refractivity contribution in [1.29, 1.82) is 0 Å². The first-order valence-corrected chi connectivity index (χ1v) is 15.0. The van der Waals surface area contributed by atoms with Crippen LogP contribution in [0.2, 0.25) is 0 Å². The molecule has 1 aliphatic heterocycles. The number of methoxy groups -OCH3 is 1. The van der Waals surface area contributed by atoms with E-state index in [1.54, 1.807) is 39.2 Å². The highest BCUT2D eigenvalue weighted by Crippen LogP contribution is 2.40.